The number of carbonyl (C=O) groups excluding carboxylic acids is 2. The van der Waals surface area contributed by atoms with Crippen molar-refractivity contribution in [3.63, 3.8) is 0 Å². The first-order valence-corrected chi connectivity index (χ1v) is 14.6. The summed E-state index contributed by atoms with van der Waals surface area (Å²) in [5.41, 5.74) is 0.571. The normalized spacial score (nSPS) is 19.7. The summed E-state index contributed by atoms with van der Waals surface area (Å²) in [6.45, 7) is 8.52. The summed E-state index contributed by atoms with van der Waals surface area (Å²) in [6, 6.07) is 5.50. The summed E-state index contributed by atoms with van der Waals surface area (Å²) in [6.07, 6.45) is 7.10. The quantitative estimate of drug-likeness (QED) is 0.327. The van der Waals surface area contributed by atoms with Crippen LogP contribution in [0.5, 0.6) is 11.5 Å². The van der Waals surface area contributed by atoms with Crippen molar-refractivity contribution in [2.45, 2.75) is 64.5 Å². The molecule has 1 aromatic rings. The van der Waals surface area contributed by atoms with Gasteiger partial charge in [0.25, 0.3) is 5.91 Å². The Kier molecular flexibility index (Phi) is 12.8. The molecule has 220 valence electrons. The Morgan fingerprint density at radius 2 is 1.82 bits per heavy atom. The second-order valence-electron chi connectivity index (χ2n) is 11.3. The van der Waals surface area contributed by atoms with Crippen LogP contribution in [0.3, 0.4) is 0 Å². The van der Waals surface area contributed by atoms with Crippen molar-refractivity contribution in [2.24, 2.45) is 11.8 Å². The van der Waals surface area contributed by atoms with E-state index < -0.39 is 0 Å². The highest BCUT2D eigenvalue weighted by molar-refractivity contribution is 5.95. The molecule has 1 aliphatic carbocycles. The maximum atomic E-state index is 13.7. The molecule has 2 N–H and O–H groups in total. The highest BCUT2D eigenvalue weighted by Gasteiger charge is 2.32. The SMILES string of the molecule is COCCCOc1cc(C(=O)N(C[C@@H]2CNC[C@H]2NCC(=O)N(C)CC2CCCCC2)C(C)C)ccc1OC. The third kappa shape index (κ3) is 9.36. The number of amides is 2. The Morgan fingerprint density at radius 1 is 1.05 bits per heavy atom. The summed E-state index contributed by atoms with van der Waals surface area (Å²) in [7, 11) is 5.18. The molecule has 1 aliphatic heterocycles. The number of carbonyl (C=O) groups is 2. The highest BCUT2D eigenvalue weighted by Crippen LogP contribution is 2.29. The first-order chi connectivity index (χ1) is 18.8. The Balaban J connectivity index is 1.58. The van der Waals surface area contributed by atoms with Crippen LogP contribution in [-0.2, 0) is 9.53 Å². The third-order valence-corrected chi connectivity index (χ3v) is 8.01. The molecule has 9 nitrogen and oxygen atoms in total. The van der Waals surface area contributed by atoms with E-state index >= 15 is 0 Å². The van der Waals surface area contributed by atoms with Gasteiger partial charge in [0.1, 0.15) is 0 Å². The minimum absolute atomic E-state index is 0.0233. The number of hydrogen-bond acceptors (Lipinski definition) is 7. The van der Waals surface area contributed by atoms with Crippen LogP contribution >= 0.6 is 0 Å². The fourth-order valence-corrected chi connectivity index (χ4v) is 5.63. The van der Waals surface area contributed by atoms with Gasteiger partial charge in [-0.15, -0.1) is 0 Å². The molecule has 0 bridgehead atoms. The maximum Gasteiger partial charge on any atom is 0.254 e. The highest BCUT2D eigenvalue weighted by atomic mass is 16.5. The van der Waals surface area contributed by atoms with Crippen molar-refractivity contribution < 1.29 is 23.8 Å². The molecule has 0 aromatic heterocycles. The van der Waals surface area contributed by atoms with Crippen molar-refractivity contribution in [1.82, 2.24) is 20.4 Å². The molecule has 2 atom stereocenters. The minimum atomic E-state index is -0.0386. The molecular weight excluding hydrogens is 496 g/mol. The molecular formula is C30H50N4O5. The smallest absolute Gasteiger partial charge is 0.254 e. The van der Waals surface area contributed by atoms with Gasteiger partial charge in [-0.3, -0.25) is 9.59 Å². The predicted octanol–water partition coefficient (Wildman–Crippen LogP) is 3.18. The van der Waals surface area contributed by atoms with Crippen LogP contribution in [0, 0.1) is 11.8 Å². The summed E-state index contributed by atoms with van der Waals surface area (Å²) >= 11 is 0. The van der Waals surface area contributed by atoms with Crippen LogP contribution in [0.25, 0.3) is 0 Å². The largest absolute Gasteiger partial charge is 0.493 e. The van der Waals surface area contributed by atoms with Crippen LogP contribution in [-0.4, -0.2) is 101 Å². The number of likely N-dealkylation sites (N-methyl/N-ethyl adjacent to an activating group) is 1. The molecule has 3 rings (SSSR count). The Morgan fingerprint density at radius 3 is 2.51 bits per heavy atom. The van der Waals surface area contributed by atoms with Gasteiger partial charge >= 0.3 is 0 Å². The zero-order valence-electron chi connectivity index (χ0n) is 24.7. The molecule has 9 heteroatoms. The van der Waals surface area contributed by atoms with E-state index in [2.05, 4.69) is 10.6 Å². The molecule has 2 aliphatic rings. The fourth-order valence-electron chi connectivity index (χ4n) is 5.63. The van der Waals surface area contributed by atoms with Gasteiger partial charge in [0.15, 0.2) is 11.5 Å². The third-order valence-electron chi connectivity index (χ3n) is 8.01. The summed E-state index contributed by atoms with van der Waals surface area (Å²) in [5.74, 6) is 2.09. The number of benzene rings is 1. The average molecular weight is 547 g/mol. The van der Waals surface area contributed by atoms with Gasteiger partial charge in [0.05, 0.1) is 20.3 Å². The van der Waals surface area contributed by atoms with E-state index in [1.165, 1.54) is 32.1 Å². The summed E-state index contributed by atoms with van der Waals surface area (Å²) in [5, 5.41) is 6.94. The van der Waals surface area contributed by atoms with Crippen LogP contribution in [0.2, 0.25) is 0 Å². The van der Waals surface area contributed by atoms with Gasteiger partial charge in [-0.2, -0.15) is 0 Å². The molecule has 1 heterocycles. The van der Waals surface area contributed by atoms with Crippen molar-refractivity contribution >= 4 is 11.8 Å². The first kappa shape index (κ1) is 31.2. The molecule has 2 fully saturated rings. The Hall–Kier alpha value is -2.36. The lowest BCUT2D eigenvalue weighted by molar-refractivity contribution is -0.129. The molecule has 2 amide bonds. The number of methoxy groups -OCH3 is 2. The zero-order chi connectivity index (χ0) is 28.2. The van der Waals surface area contributed by atoms with Crippen molar-refractivity contribution in [2.75, 3.05) is 67.2 Å². The van der Waals surface area contributed by atoms with Crippen molar-refractivity contribution in [3.05, 3.63) is 23.8 Å². The van der Waals surface area contributed by atoms with Gasteiger partial charge in [-0.05, 0) is 50.8 Å². The van der Waals surface area contributed by atoms with Crippen LogP contribution in [0.1, 0.15) is 62.7 Å². The van der Waals surface area contributed by atoms with Gasteiger partial charge in [-0.25, -0.2) is 0 Å². The topological polar surface area (TPSA) is 92.4 Å². The number of rotatable bonds is 15. The van der Waals surface area contributed by atoms with E-state index in [0.29, 0.717) is 49.3 Å². The summed E-state index contributed by atoms with van der Waals surface area (Å²) < 4.78 is 16.4. The van der Waals surface area contributed by atoms with Crippen molar-refractivity contribution in [1.29, 1.82) is 0 Å². The van der Waals surface area contributed by atoms with Crippen LogP contribution < -0.4 is 20.1 Å². The molecule has 1 aromatic carbocycles. The monoisotopic (exact) mass is 546 g/mol. The second-order valence-corrected chi connectivity index (χ2v) is 11.3. The second kappa shape index (κ2) is 16.0. The van der Waals surface area contributed by atoms with E-state index in [0.717, 1.165) is 26.1 Å². The van der Waals surface area contributed by atoms with E-state index in [-0.39, 0.29) is 29.8 Å². The lowest BCUT2D eigenvalue weighted by atomic mass is 9.89. The zero-order valence-corrected chi connectivity index (χ0v) is 24.7. The van der Waals surface area contributed by atoms with Gasteiger partial charge < -0.3 is 34.6 Å². The Labute approximate surface area is 234 Å². The lowest BCUT2D eigenvalue weighted by Crippen LogP contribution is -2.48. The molecule has 0 radical (unpaired) electrons. The molecule has 0 unspecified atom stereocenters. The lowest BCUT2D eigenvalue weighted by Gasteiger charge is -2.32. The fraction of sp³-hybridized carbons (Fsp3) is 0.733. The molecule has 39 heavy (non-hydrogen) atoms. The minimum Gasteiger partial charge on any atom is -0.493 e. The van der Waals surface area contributed by atoms with Gasteiger partial charge in [0.2, 0.25) is 5.91 Å². The van der Waals surface area contributed by atoms with Gasteiger partial charge in [-0.1, -0.05) is 19.3 Å². The maximum absolute atomic E-state index is 13.7. The van der Waals surface area contributed by atoms with E-state index in [9.17, 15) is 9.59 Å². The molecule has 1 saturated carbocycles. The van der Waals surface area contributed by atoms with E-state index in [1.807, 2.05) is 30.7 Å². The average Bonchev–Trinajstić information content (AvgIpc) is 3.39. The number of nitrogens with one attached hydrogen (secondary N) is 2. The number of ether oxygens (including phenoxy) is 3. The molecule has 1 saturated heterocycles. The molecule has 0 spiro atoms. The number of nitrogens with zero attached hydrogens (tertiary/aromatic N) is 2. The first-order valence-electron chi connectivity index (χ1n) is 14.6. The van der Waals surface area contributed by atoms with Gasteiger partial charge in [0, 0.05) is 76.9 Å². The van der Waals surface area contributed by atoms with Crippen molar-refractivity contribution in [3.8, 4) is 11.5 Å². The summed E-state index contributed by atoms with van der Waals surface area (Å²) in [4.78, 5) is 30.3. The van der Waals surface area contributed by atoms with E-state index in [1.54, 1.807) is 32.4 Å². The Bertz CT molecular complexity index is 905. The predicted molar refractivity (Wildman–Crippen MR) is 154 cm³/mol. The van der Waals surface area contributed by atoms with Crippen LogP contribution in [0.4, 0.5) is 0 Å². The number of hydrogen-bond donors (Lipinski definition) is 2. The van der Waals surface area contributed by atoms with E-state index in [4.69, 9.17) is 14.2 Å². The standard InChI is InChI=1S/C30H50N4O5/c1-22(2)34(30(36)24-12-13-27(38-5)28(16-24)39-15-9-14-37-4)21-25-17-31-18-26(25)32-19-29(35)33(3)20-23-10-7-6-8-11-23/h12-13,16,22-23,25-26,31-32H,6-11,14-15,17-21H2,1-5H3/t25-,26+/m0/s1. The van der Waals surface area contributed by atoms with Crippen LogP contribution in [0.15, 0.2) is 18.2 Å².